The van der Waals surface area contributed by atoms with Gasteiger partial charge < -0.3 is 19.9 Å². The molecule has 0 radical (unpaired) electrons. The molecule has 2 aromatic heterocycles. The van der Waals surface area contributed by atoms with E-state index in [4.69, 9.17) is 4.74 Å². The molecule has 0 bridgehead atoms. The first-order valence-corrected chi connectivity index (χ1v) is 8.45. The molecule has 0 spiro atoms. The Morgan fingerprint density at radius 1 is 1.44 bits per heavy atom. The number of H-pyrrole nitrogens is 1. The third-order valence-corrected chi connectivity index (χ3v) is 4.21. The summed E-state index contributed by atoms with van der Waals surface area (Å²) >= 11 is 0. The fraction of sp³-hybridized carbons (Fsp3) is 0.588. The van der Waals surface area contributed by atoms with Crippen molar-refractivity contribution < 1.29 is 9.53 Å². The van der Waals surface area contributed by atoms with E-state index in [0.29, 0.717) is 12.2 Å². The molecule has 0 saturated carbocycles. The molecule has 0 aromatic carbocycles. The van der Waals surface area contributed by atoms with E-state index in [2.05, 4.69) is 20.2 Å². The third-order valence-electron chi connectivity index (χ3n) is 4.21. The van der Waals surface area contributed by atoms with Crippen LogP contribution in [0.4, 0.5) is 10.5 Å². The number of pyridine rings is 1. The van der Waals surface area contributed by atoms with Gasteiger partial charge in [0.15, 0.2) is 5.65 Å². The van der Waals surface area contributed by atoms with Gasteiger partial charge in [0.2, 0.25) is 0 Å². The molecule has 8 heteroatoms. The van der Waals surface area contributed by atoms with Gasteiger partial charge in [-0.2, -0.15) is 0 Å². The predicted octanol–water partition coefficient (Wildman–Crippen LogP) is 1.67. The zero-order valence-electron chi connectivity index (χ0n) is 15.3. The van der Waals surface area contributed by atoms with Gasteiger partial charge >= 0.3 is 11.8 Å². The molecule has 3 rings (SSSR count). The number of rotatable bonds is 2. The van der Waals surface area contributed by atoms with Gasteiger partial charge in [0.05, 0.1) is 11.7 Å². The number of ether oxygens (including phenoxy) is 1. The van der Waals surface area contributed by atoms with Crippen LogP contribution in [0, 0.1) is 6.92 Å². The van der Waals surface area contributed by atoms with E-state index in [9.17, 15) is 9.59 Å². The van der Waals surface area contributed by atoms with Gasteiger partial charge in [0.25, 0.3) is 0 Å². The van der Waals surface area contributed by atoms with Crippen LogP contribution in [-0.4, -0.2) is 45.4 Å². The second-order valence-electron chi connectivity index (χ2n) is 7.55. The predicted molar refractivity (Wildman–Crippen MR) is 96.1 cm³/mol. The number of aryl methyl sites for hydroxylation is 2. The lowest BCUT2D eigenvalue weighted by Crippen LogP contribution is -2.40. The van der Waals surface area contributed by atoms with Crippen LogP contribution in [0.1, 0.15) is 32.9 Å². The van der Waals surface area contributed by atoms with Crippen LogP contribution >= 0.6 is 0 Å². The molecule has 0 aliphatic carbocycles. The zero-order valence-corrected chi connectivity index (χ0v) is 15.3. The molecule has 2 aromatic rings. The Hall–Kier alpha value is -2.51. The molecule has 136 valence electrons. The smallest absolute Gasteiger partial charge is 0.407 e. The maximum atomic E-state index is 12.0. The first kappa shape index (κ1) is 17.3. The molecule has 3 heterocycles. The van der Waals surface area contributed by atoms with Crippen molar-refractivity contribution in [3.8, 4) is 0 Å². The van der Waals surface area contributed by atoms with Gasteiger partial charge in [-0.05, 0) is 40.2 Å². The largest absolute Gasteiger partial charge is 0.444 e. The highest BCUT2D eigenvalue weighted by Gasteiger charge is 2.28. The standard InChI is InChI=1S/C17H25N5O3/c1-10-8-12(13-14(18-10)21(5)15(23)20-13)22-7-6-11(9-22)19-16(24)25-17(2,3)4/h8,11H,6-7,9H2,1-5H3,(H,19,24)(H,20,23). The number of nitrogens with one attached hydrogen (secondary N) is 2. The van der Waals surface area contributed by atoms with Crippen molar-refractivity contribution in [2.45, 2.75) is 45.8 Å². The summed E-state index contributed by atoms with van der Waals surface area (Å²) in [4.78, 5) is 33.4. The average Bonchev–Trinajstić information content (AvgIpc) is 3.03. The van der Waals surface area contributed by atoms with Gasteiger partial charge in [-0.3, -0.25) is 4.57 Å². The van der Waals surface area contributed by atoms with Crippen LogP contribution in [0.2, 0.25) is 0 Å². The summed E-state index contributed by atoms with van der Waals surface area (Å²) in [7, 11) is 1.70. The number of alkyl carbamates (subject to hydrolysis) is 1. The molecule has 1 unspecified atom stereocenters. The first-order valence-electron chi connectivity index (χ1n) is 8.45. The number of aromatic amines is 1. The second kappa shape index (κ2) is 6.09. The number of anilines is 1. The van der Waals surface area contributed by atoms with E-state index >= 15 is 0 Å². The third kappa shape index (κ3) is 3.62. The van der Waals surface area contributed by atoms with Gasteiger partial charge in [-0.15, -0.1) is 0 Å². The molecule has 8 nitrogen and oxygen atoms in total. The number of aromatic nitrogens is 3. The molecule has 1 amide bonds. The minimum Gasteiger partial charge on any atom is -0.444 e. The monoisotopic (exact) mass is 347 g/mol. The van der Waals surface area contributed by atoms with Crippen molar-refractivity contribution in [2.75, 3.05) is 18.0 Å². The van der Waals surface area contributed by atoms with Crippen molar-refractivity contribution in [2.24, 2.45) is 7.05 Å². The number of amides is 1. The Morgan fingerprint density at radius 3 is 2.84 bits per heavy atom. The number of hydrogen-bond acceptors (Lipinski definition) is 5. The lowest BCUT2D eigenvalue weighted by molar-refractivity contribution is 0.0509. The van der Waals surface area contributed by atoms with Crippen LogP contribution < -0.4 is 15.9 Å². The summed E-state index contributed by atoms with van der Waals surface area (Å²) in [6.07, 6.45) is 0.419. The molecule has 1 aliphatic rings. The van der Waals surface area contributed by atoms with Crippen molar-refractivity contribution in [3.63, 3.8) is 0 Å². The van der Waals surface area contributed by atoms with Crippen molar-refractivity contribution >= 4 is 22.9 Å². The number of carbonyl (C=O) groups is 1. The summed E-state index contributed by atoms with van der Waals surface area (Å²) in [5, 5.41) is 2.92. The summed E-state index contributed by atoms with van der Waals surface area (Å²) in [6.45, 7) is 8.89. The molecule has 1 atom stereocenters. The number of fused-ring (bicyclic) bond motifs is 1. The van der Waals surface area contributed by atoms with E-state index in [0.717, 1.165) is 29.9 Å². The molecular formula is C17H25N5O3. The molecule has 1 saturated heterocycles. The van der Waals surface area contributed by atoms with Crippen molar-refractivity contribution in [1.82, 2.24) is 19.9 Å². The minimum atomic E-state index is -0.514. The molecule has 1 fully saturated rings. The van der Waals surface area contributed by atoms with Crippen LogP contribution in [0.15, 0.2) is 10.9 Å². The van der Waals surface area contributed by atoms with E-state index in [1.807, 2.05) is 33.8 Å². The summed E-state index contributed by atoms with van der Waals surface area (Å²) in [5.74, 6) is 0. The average molecular weight is 347 g/mol. The van der Waals surface area contributed by atoms with Gasteiger partial charge in [-0.1, -0.05) is 0 Å². The number of carbonyl (C=O) groups excluding carboxylic acids is 1. The fourth-order valence-corrected chi connectivity index (χ4v) is 3.11. The molecule has 25 heavy (non-hydrogen) atoms. The van der Waals surface area contributed by atoms with Crippen LogP contribution in [0.3, 0.4) is 0 Å². The quantitative estimate of drug-likeness (QED) is 0.862. The van der Waals surface area contributed by atoms with E-state index in [1.54, 1.807) is 7.05 Å². The van der Waals surface area contributed by atoms with E-state index in [1.165, 1.54) is 4.57 Å². The maximum Gasteiger partial charge on any atom is 0.407 e. The van der Waals surface area contributed by atoms with Crippen molar-refractivity contribution in [1.29, 1.82) is 0 Å². The van der Waals surface area contributed by atoms with Gasteiger partial charge in [-0.25, -0.2) is 14.6 Å². The van der Waals surface area contributed by atoms with Crippen LogP contribution in [0.25, 0.3) is 11.2 Å². The summed E-state index contributed by atoms with van der Waals surface area (Å²) in [5.41, 5.74) is 2.46. The number of nitrogens with zero attached hydrogens (tertiary/aromatic N) is 3. The summed E-state index contributed by atoms with van der Waals surface area (Å²) < 4.78 is 6.83. The van der Waals surface area contributed by atoms with Crippen LogP contribution in [-0.2, 0) is 11.8 Å². The summed E-state index contributed by atoms with van der Waals surface area (Å²) in [6, 6.07) is 1.97. The van der Waals surface area contributed by atoms with Gasteiger partial charge in [0, 0.05) is 25.8 Å². The minimum absolute atomic E-state index is 0.00815. The lowest BCUT2D eigenvalue weighted by Gasteiger charge is -2.22. The lowest BCUT2D eigenvalue weighted by atomic mass is 10.2. The zero-order chi connectivity index (χ0) is 18.4. The Balaban J connectivity index is 1.79. The highest BCUT2D eigenvalue weighted by molar-refractivity contribution is 5.86. The molecule has 1 aliphatic heterocycles. The Labute approximate surface area is 146 Å². The molecular weight excluding hydrogens is 322 g/mol. The Bertz CT molecular complexity index is 862. The SMILES string of the molecule is Cc1cc(N2CCC(NC(=O)OC(C)(C)C)C2)c2[nH]c(=O)n(C)c2n1. The number of hydrogen-bond donors (Lipinski definition) is 2. The topological polar surface area (TPSA) is 92.3 Å². The van der Waals surface area contributed by atoms with Crippen molar-refractivity contribution in [3.05, 3.63) is 22.2 Å². The normalized spacial score (nSPS) is 18.0. The van der Waals surface area contributed by atoms with Gasteiger partial charge in [0.1, 0.15) is 11.1 Å². The van der Waals surface area contributed by atoms with Crippen LogP contribution in [0.5, 0.6) is 0 Å². The highest BCUT2D eigenvalue weighted by Crippen LogP contribution is 2.27. The Morgan fingerprint density at radius 2 is 2.16 bits per heavy atom. The highest BCUT2D eigenvalue weighted by atomic mass is 16.6. The molecule has 2 N–H and O–H groups in total. The second-order valence-corrected chi connectivity index (χ2v) is 7.55. The fourth-order valence-electron chi connectivity index (χ4n) is 3.11. The van der Waals surface area contributed by atoms with E-state index in [-0.39, 0.29) is 11.7 Å². The van der Waals surface area contributed by atoms with E-state index < -0.39 is 11.7 Å². The maximum absolute atomic E-state index is 12.0. The number of imidazole rings is 1. The first-order chi connectivity index (χ1) is 11.6. The Kier molecular flexibility index (Phi) is 4.22.